The highest BCUT2D eigenvalue weighted by molar-refractivity contribution is 6.30. The molecule has 0 spiro atoms. The molecule has 0 unspecified atom stereocenters. The Balaban J connectivity index is 1.49. The number of benzene rings is 2. The van der Waals surface area contributed by atoms with Crippen LogP contribution in [0.3, 0.4) is 0 Å². The highest BCUT2D eigenvalue weighted by Gasteiger charge is 2.33. The molecule has 2 aromatic carbocycles. The number of amides is 2. The highest BCUT2D eigenvalue weighted by atomic mass is 35.5. The Kier molecular flexibility index (Phi) is 4.89. The topological polar surface area (TPSA) is 89.2 Å². The van der Waals surface area contributed by atoms with Crippen LogP contribution >= 0.6 is 11.6 Å². The SMILES string of the molecule is O=C(Cn1c(=O)nc2n1C(=O)N(c1ccc(Cl)cc1)C2)NCc1cccc(F)c1. The zero-order chi connectivity index (χ0) is 20.5. The number of nitrogens with zero attached hydrogens (tertiary/aromatic N) is 4. The lowest BCUT2D eigenvalue weighted by Gasteiger charge is -2.15. The van der Waals surface area contributed by atoms with Gasteiger partial charge in [-0.2, -0.15) is 9.67 Å². The van der Waals surface area contributed by atoms with Crippen molar-refractivity contribution in [1.29, 1.82) is 0 Å². The standard InChI is InChI=1S/C19H15ClFN5O3/c20-13-4-6-15(7-5-13)24-10-16-23-18(28)25(26(16)19(24)29)11-17(27)22-9-12-2-1-3-14(21)8-12/h1-8H,9-11H2,(H,22,27). The first kappa shape index (κ1) is 18.9. The molecule has 0 bridgehead atoms. The molecule has 0 fully saturated rings. The van der Waals surface area contributed by atoms with Crippen LogP contribution in [0, 0.1) is 5.82 Å². The summed E-state index contributed by atoms with van der Waals surface area (Å²) in [7, 11) is 0. The Bertz CT molecular complexity index is 1160. The molecule has 8 nitrogen and oxygen atoms in total. The number of aromatic nitrogens is 3. The molecular weight excluding hydrogens is 401 g/mol. The normalized spacial score (nSPS) is 12.9. The summed E-state index contributed by atoms with van der Waals surface area (Å²) in [5.74, 6) is -0.667. The molecule has 1 aromatic heterocycles. The maximum Gasteiger partial charge on any atom is 0.365 e. The number of carbonyl (C=O) groups is 2. The predicted molar refractivity (Wildman–Crippen MR) is 103 cm³/mol. The lowest BCUT2D eigenvalue weighted by molar-refractivity contribution is -0.122. The number of nitrogens with one attached hydrogen (secondary N) is 1. The van der Waals surface area contributed by atoms with Crippen molar-refractivity contribution in [3.63, 3.8) is 0 Å². The molecule has 1 aliphatic heterocycles. The van der Waals surface area contributed by atoms with Gasteiger partial charge in [-0.15, -0.1) is 0 Å². The van der Waals surface area contributed by atoms with Gasteiger partial charge in [-0.1, -0.05) is 23.7 Å². The van der Waals surface area contributed by atoms with Gasteiger partial charge in [0.25, 0.3) is 0 Å². The van der Waals surface area contributed by atoms with E-state index in [-0.39, 0.29) is 25.5 Å². The molecule has 2 heterocycles. The molecular formula is C19H15ClFN5O3. The average Bonchev–Trinajstić information content (AvgIpc) is 3.17. The molecule has 0 saturated carbocycles. The molecule has 4 rings (SSSR count). The first-order chi connectivity index (χ1) is 13.9. The van der Waals surface area contributed by atoms with Gasteiger partial charge in [0.2, 0.25) is 5.91 Å². The van der Waals surface area contributed by atoms with E-state index in [9.17, 15) is 18.8 Å². The Labute approximate surface area is 169 Å². The van der Waals surface area contributed by atoms with Crippen molar-refractivity contribution >= 4 is 29.2 Å². The minimum absolute atomic E-state index is 0.0944. The maximum atomic E-state index is 13.2. The van der Waals surface area contributed by atoms with Crippen molar-refractivity contribution in [2.75, 3.05) is 4.90 Å². The smallest absolute Gasteiger partial charge is 0.350 e. The van der Waals surface area contributed by atoms with E-state index in [1.807, 2.05) is 0 Å². The third kappa shape index (κ3) is 3.77. The Hall–Kier alpha value is -3.46. The fraction of sp³-hybridized carbons (Fsp3) is 0.158. The van der Waals surface area contributed by atoms with Crippen molar-refractivity contribution in [2.45, 2.75) is 19.6 Å². The Morgan fingerprint density at radius 3 is 2.66 bits per heavy atom. The average molecular weight is 416 g/mol. The Morgan fingerprint density at radius 1 is 1.17 bits per heavy atom. The van der Waals surface area contributed by atoms with Crippen molar-refractivity contribution in [2.24, 2.45) is 0 Å². The number of rotatable bonds is 5. The van der Waals surface area contributed by atoms with Crippen LogP contribution in [0.4, 0.5) is 14.9 Å². The summed E-state index contributed by atoms with van der Waals surface area (Å²) in [6.07, 6.45) is 0. The van der Waals surface area contributed by atoms with Gasteiger partial charge >= 0.3 is 11.7 Å². The molecule has 0 saturated heterocycles. The summed E-state index contributed by atoms with van der Waals surface area (Å²) in [4.78, 5) is 42.5. The Morgan fingerprint density at radius 2 is 1.93 bits per heavy atom. The molecule has 148 valence electrons. The van der Waals surface area contributed by atoms with Crippen LogP contribution in [0.1, 0.15) is 11.4 Å². The molecule has 0 aliphatic carbocycles. The molecule has 2 amide bonds. The molecule has 0 radical (unpaired) electrons. The number of hydrogen-bond acceptors (Lipinski definition) is 4. The van der Waals surface area contributed by atoms with E-state index < -0.39 is 23.4 Å². The zero-order valence-corrected chi connectivity index (χ0v) is 15.8. The van der Waals surface area contributed by atoms with Gasteiger partial charge in [-0.05, 0) is 42.0 Å². The molecule has 3 aromatic rings. The minimum atomic E-state index is -0.690. The van der Waals surface area contributed by atoms with E-state index in [1.165, 1.54) is 23.1 Å². The van der Waals surface area contributed by atoms with Crippen LogP contribution in [-0.4, -0.2) is 26.3 Å². The fourth-order valence-electron chi connectivity index (χ4n) is 3.08. The summed E-state index contributed by atoms with van der Waals surface area (Å²) >= 11 is 5.88. The largest absolute Gasteiger partial charge is 0.365 e. The van der Waals surface area contributed by atoms with Gasteiger partial charge in [0.1, 0.15) is 12.4 Å². The van der Waals surface area contributed by atoms with E-state index in [0.29, 0.717) is 16.3 Å². The van der Waals surface area contributed by atoms with Crippen LogP contribution in [0.2, 0.25) is 5.02 Å². The van der Waals surface area contributed by atoms with E-state index in [2.05, 4.69) is 10.3 Å². The lowest BCUT2D eigenvalue weighted by atomic mass is 10.2. The predicted octanol–water partition coefficient (Wildman–Crippen LogP) is 2.14. The van der Waals surface area contributed by atoms with Crippen molar-refractivity contribution in [3.05, 3.63) is 81.2 Å². The second-order valence-corrected chi connectivity index (χ2v) is 6.87. The summed E-state index contributed by atoms with van der Waals surface area (Å²) in [5, 5.41) is 3.13. The van der Waals surface area contributed by atoms with Crippen LogP contribution in [0.15, 0.2) is 53.3 Å². The van der Waals surface area contributed by atoms with E-state index in [0.717, 1.165) is 9.36 Å². The van der Waals surface area contributed by atoms with E-state index >= 15 is 0 Å². The van der Waals surface area contributed by atoms with Crippen molar-refractivity contribution in [3.8, 4) is 0 Å². The van der Waals surface area contributed by atoms with Gasteiger partial charge in [0.15, 0.2) is 5.82 Å². The molecule has 29 heavy (non-hydrogen) atoms. The number of hydrogen-bond donors (Lipinski definition) is 1. The van der Waals surface area contributed by atoms with Gasteiger partial charge in [0.05, 0.1) is 6.54 Å². The quantitative estimate of drug-likeness (QED) is 0.691. The third-order valence-corrected chi connectivity index (χ3v) is 4.71. The molecule has 0 atom stereocenters. The lowest BCUT2D eigenvalue weighted by Crippen LogP contribution is -2.38. The summed E-state index contributed by atoms with van der Waals surface area (Å²) in [6, 6.07) is 12.0. The van der Waals surface area contributed by atoms with Crippen LogP contribution < -0.4 is 15.9 Å². The number of carbonyl (C=O) groups excluding carboxylic acids is 2. The first-order valence-electron chi connectivity index (χ1n) is 8.69. The first-order valence-corrected chi connectivity index (χ1v) is 9.07. The summed E-state index contributed by atoms with van der Waals surface area (Å²) < 4.78 is 15.3. The zero-order valence-electron chi connectivity index (χ0n) is 15.0. The third-order valence-electron chi connectivity index (χ3n) is 4.45. The highest BCUT2D eigenvalue weighted by Crippen LogP contribution is 2.24. The molecule has 1 N–H and O–H groups in total. The van der Waals surface area contributed by atoms with E-state index in [1.54, 1.807) is 30.3 Å². The number of halogens is 2. The number of anilines is 1. The number of fused-ring (bicyclic) bond motifs is 1. The van der Waals surface area contributed by atoms with Crippen LogP contribution in [0.5, 0.6) is 0 Å². The summed E-state index contributed by atoms with van der Waals surface area (Å²) in [6.45, 7) is -0.188. The van der Waals surface area contributed by atoms with Crippen molar-refractivity contribution < 1.29 is 14.0 Å². The van der Waals surface area contributed by atoms with Gasteiger partial charge in [-0.3, -0.25) is 9.69 Å². The van der Waals surface area contributed by atoms with Crippen molar-refractivity contribution in [1.82, 2.24) is 19.7 Å². The van der Waals surface area contributed by atoms with Gasteiger partial charge in [0, 0.05) is 17.3 Å². The van der Waals surface area contributed by atoms with E-state index in [4.69, 9.17) is 11.6 Å². The van der Waals surface area contributed by atoms with Gasteiger partial charge in [-0.25, -0.2) is 18.7 Å². The summed E-state index contributed by atoms with van der Waals surface area (Å²) in [5.41, 5.74) is 0.485. The van der Waals surface area contributed by atoms with Gasteiger partial charge < -0.3 is 5.32 Å². The van der Waals surface area contributed by atoms with Crippen LogP contribution in [-0.2, 0) is 24.4 Å². The monoisotopic (exact) mass is 415 g/mol. The minimum Gasteiger partial charge on any atom is -0.350 e. The molecule has 10 heteroatoms. The molecule has 1 aliphatic rings. The van der Waals surface area contributed by atoms with Crippen LogP contribution in [0.25, 0.3) is 0 Å². The second kappa shape index (κ2) is 7.51. The maximum absolute atomic E-state index is 13.2. The second-order valence-electron chi connectivity index (χ2n) is 6.43. The fourth-order valence-corrected chi connectivity index (χ4v) is 3.21.